The van der Waals surface area contributed by atoms with E-state index in [0.29, 0.717) is 12.3 Å². The van der Waals surface area contributed by atoms with E-state index in [9.17, 15) is 4.57 Å². The van der Waals surface area contributed by atoms with E-state index in [0.717, 1.165) is 25.8 Å². The van der Waals surface area contributed by atoms with Gasteiger partial charge in [-0.25, -0.2) is 9.24 Å². The highest BCUT2D eigenvalue weighted by atomic mass is 31.2. The number of para-hydroxylation sites is 3. The van der Waals surface area contributed by atoms with Crippen molar-refractivity contribution in [2.45, 2.75) is 19.3 Å². The molecule has 1 heterocycles. The Hall–Kier alpha value is -2.59. The Morgan fingerprint density at radius 1 is 0.871 bits per heavy atom. The van der Waals surface area contributed by atoms with Gasteiger partial charge in [-0.3, -0.25) is 4.52 Å². The molecule has 0 aliphatic carbocycles. The van der Waals surface area contributed by atoms with Gasteiger partial charge in [0, 0.05) is 31.6 Å². The van der Waals surface area contributed by atoms with Crippen LogP contribution in [0.15, 0.2) is 78.9 Å². The Morgan fingerprint density at radius 2 is 1.42 bits per heavy atom. The van der Waals surface area contributed by atoms with Crippen molar-refractivity contribution in [3.8, 4) is 5.75 Å². The van der Waals surface area contributed by atoms with Gasteiger partial charge in [0.05, 0.1) is 0 Å². The molecule has 0 bridgehead atoms. The van der Waals surface area contributed by atoms with Gasteiger partial charge >= 0.3 is 7.75 Å². The second kappa shape index (κ2) is 9.69. The lowest BCUT2D eigenvalue weighted by atomic mass is 10.0. The Labute approximate surface area is 184 Å². The number of rotatable bonds is 8. The Morgan fingerprint density at radius 3 is 2.00 bits per heavy atom. The van der Waals surface area contributed by atoms with E-state index in [4.69, 9.17) is 9.05 Å². The predicted octanol–water partition coefficient (Wildman–Crippen LogP) is 6.08. The molecule has 0 saturated heterocycles. The van der Waals surface area contributed by atoms with Gasteiger partial charge < -0.3 is 9.42 Å². The maximum absolute atomic E-state index is 13.3. The van der Waals surface area contributed by atoms with Crippen molar-refractivity contribution in [2.24, 2.45) is 0 Å². The highest BCUT2D eigenvalue weighted by Crippen LogP contribution is 2.50. The maximum atomic E-state index is 13.3. The van der Waals surface area contributed by atoms with Crippen LogP contribution in [0.3, 0.4) is 0 Å². The predicted molar refractivity (Wildman–Crippen MR) is 126 cm³/mol. The van der Waals surface area contributed by atoms with Gasteiger partial charge in [-0.15, -0.1) is 0 Å². The summed E-state index contributed by atoms with van der Waals surface area (Å²) in [7, 11) is -0.188. The summed E-state index contributed by atoms with van der Waals surface area (Å²) in [5.74, 6) is 0.537. The monoisotopic (exact) mass is 436 g/mol. The van der Waals surface area contributed by atoms with Gasteiger partial charge in [0.25, 0.3) is 0 Å². The molecule has 5 nitrogen and oxygen atoms in total. The van der Waals surface area contributed by atoms with Crippen LogP contribution in [-0.4, -0.2) is 31.9 Å². The van der Waals surface area contributed by atoms with Crippen molar-refractivity contribution in [1.29, 1.82) is 0 Å². The van der Waals surface area contributed by atoms with E-state index in [1.807, 2.05) is 18.2 Å². The van der Waals surface area contributed by atoms with Crippen molar-refractivity contribution >= 4 is 19.1 Å². The molecule has 1 unspecified atom stereocenters. The summed E-state index contributed by atoms with van der Waals surface area (Å²) in [5, 5.41) is 0. The molecule has 1 atom stereocenters. The summed E-state index contributed by atoms with van der Waals surface area (Å²) in [5.41, 5.74) is 5.24. The minimum atomic E-state index is -3.41. The second-order valence-corrected chi connectivity index (χ2v) is 9.87. The van der Waals surface area contributed by atoms with E-state index in [1.165, 1.54) is 29.6 Å². The van der Waals surface area contributed by atoms with E-state index < -0.39 is 7.75 Å². The average molecular weight is 436 g/mol. The molecule has 0 fully saturated rings. The summed E-state index contributed by atoms with van der Waals surface area (Å²) in [4.78, 5) is 2.39. The molecule has 0 spiro atoms. The van der Waals surface area contributed by atoms with Crippen molar-refractivity contribution in [3.05, 3.63) is 90.0 Å². The van der Waals surface area contributed by atoms with Gasteiger partial charge in [0.15, 0.2) is 0 Å². The topological polar surface area (TPSA) is 42.0 Å². The largest absolute Gasteiger partial charge is 0.460 e. The Kier molecular flexibility index (Phi) is 6.77. The smallest absolute Gasteiger partial charge is 0.413 e. The first-order valence-electron chi connectivity index (χ1n) is 10.7. The molecule has 1 aliphatic heterocycles. The van der Waals surface area contributed by atoms with Gasteiger partial charge in [-0.2, -0.15) is 0 Å². The lowest BCUT2D eigenvalue weighted by molar-refractivity contribution is 0.258. The number of hydrogen-bond donors (Lipinski definition) is 0. The van der Waals surface area contributed by atoms with E-state index in [-0.39, 0.29) is 0 Å². The standard InChI is InChI=1S/C25H29N2O3P/c1-26(31(28,29-2)30-23-13-4-3-5-14-23)19-10-20-27-24-15-8-6-11-21(24)17-18-22-12-7-9-16-25(22)27/h3-9,11-16H,10,17-20H2,1-2H3. The van der Waals surface area contributed by atoms with Crippen molar-refractivity contribution in [3.63, 3.8) is 0 Å². The van der Waals surface area contributed by atoms with Crippen LogP contribution in [0.4, 0.5) is 11.4 Å². The number of fused-ring (bicyclic) bond motifs is 2. The quantitative estimate of drug-likeness (QED) is 0.401. The van der Waals surface area contributed by atoms with Crippen LogP contribution in [0, 0.1) is 0 Å². The van der Waals surface area contributed by atoms with Gasteiger partial charge in [-0.05, 0) is 61.7 Å². The fourth-order valence-electron chi connectivity index (χ4n) is 4.05. The lowest BCUT2D eigenvalue weighted by Gasteiger charge is -2.29. The number of anilines is 2. The summed E-state index contributed by atoms with van der Waals surface area (Å²) >= 11 is 0. The molecule has 0 radical (unpaired) electrons. The zero-order chi connectivity index (χ0) is 21.7. The molecule has 1 aliphatic rings. The highest BCUT2D eigenvalue weighted by Gasteiger charge is 2.31. The van der Waals surface area contributed by atoms with Crippen LogP contribution in [0.5, 0.6) is 5.75 Å². The van der Waals surface area contributed by atoms with Crippen LogP contribution in [0.1, 0.15) is 17.5 Å². The highest BCUT2D eigenvalue weighted by molar-refractivity contribution is 7.51. The molecule has 0 amide bonds. The second-order valence-electron chi connectivity index (χ2n) is 7.70. The first kappa shape index (κ1) is 21.6. The van der Waals surface area contributed by atoms with Gasteiger partial charge in [0.2, 0.25) is 0 Å². The van der Waals surface area contributed by atoms with Crippen molar-refractivity contribution in [1.82, 2.24) is 4.67 Å². The van der Waals surface area contributed by atoms with Crippen LogP contribution in [0.2, 0.25) is 0 Å². The van der Waals surface area contributed by atoms with E-state index in [2.05, 4.69) is 53.4 Å². The molecule has 6 heteroatoms. The summed E-state index contributed by atoms with van der Waals surface area (Å²) in [6, 6.07) is 26.4. The fourth-order valence-corrected chi connectivity index (χ4v) is 5.32. The molecule has 31 heavy (non-hydrogen) atoms. The third kappa shape index (κ3) is 4.85. The molecular weight excluding hydrogens is 407 g/mol. The zero-order valence-corrected chi connectivity index (χ0v) is 19.0. The molecule has 0 aromatic heterocycles. The number of nitrogens with zero attached hydrogens (tertiary/aromatic N) is 2. The van der Waals surface area contributed by atoms with Gasteiger partial charge in [-0.1, -0.05) is 54.6 Å². The first-order valence-corrected chi connectivity index (χ1v) is 12.2. The number of benzene rings is 3. The Balaban J connectivity index is 1.48. The normalized spacial score (nSPS) is 15.0. The SMILES string of the molecule is COP(=O)(Oc1ccccc1)N(C)CCCN1c2ccccc2CCc2ccccc21. The molecule has 3 aromatic rings. The van der Waals surface area contributed by atoms with Crippen LogP contribution < -0.4 is 9.42 Å². The van der Waals surface area contributed by atoms with E-state index in [1.54, 1.807) is 23.9 Å². The maximum Gasteiger partial charge on any atom is 0.460 e. The zero-order valence-electron chi connectivity index (χ0n) is 18.1. The minimum absolute atomic E-state index is 0.537. The summed E-state index contributed by atoms with van der Waals surface area (Å²) in [6.45, 7) is 1.40. The van der Waals surface area contributed by atoms with Crippen LogP contribution in [-0.2, 0) is 21.9 Å². The fraction of sp³-hybridized carbons (Fsp3) is 0.280. The van der Waals surface area contributed by atoms with Crippen LogP contribution >= 0.6 is 7.75 Å². The molecule has 162 valence electrons. The first-order chi connectivity index (χ1) is 15.1. The summed E-state index contributed by atoms with van der Waals surface area (Å²) < 4.78 is 26.0. The molecular formula is C25H29N2O3P. The van der Waals surface area contributed by atoms with Crippen molar-refractivity contribution < 1.29 is 13.6 Å². The lowest BCUT2D eigenvalue weighted by Crippen LogP contribution is -2.26. The summed E-state index contributed by atoms with van der Waals surface area (Å²) in [6.07, 6.45) is 2.88. The molecule has 0 N–H and O–H groups in total. The average Bonchev–Trinajstić information content (AvgIpc) is 2.97. The van der Waals surface area contributed by atoms with Crippen molar-refractivity contribution in [2.75, 3.05) is 32.1 Å². The van der Waals surface area contributed by atoms with Crippen LogP contribution in [0.25, 0.3) is 0 Å². The number of aryl methyl sites for hydroxylation is 2. The third-order valence-electron chi connectivity index (χ3n) is 5.70. The minimum Gasteiger partial charge on any atom is -0.413 e. The Bertz CT molecular complexity index is 1010. The molecule has 4 rings (SSSR count). The third-order valence-corrected chi connectivity index (χ3v) is 7.64. The van der Waals surface area contributed by atoms with E-state index >= 15 is 0 Å². The molecule has 0 saturated carbocycles. The van der Waals surface area contributed by atoms with Gasteiger partial charge in [0.1, 0.15) is 5.75 Å². The molecule has 3 aromatic carbocycles. The number of hydrogen-bond acceptors (Lipinski definition) is 4.